The maximum absolute atomic E-state index is 5.85. The first-order chi connectivity index (χ1) is 9.79. The second-order valence-electron chi connectivity index (χ2n) is 4.82. The lowest BCUT2D eigenvalue weighted by Gasteiger charge is -2.26. The lowest BCUT2D eigenvalue weighted by molar-refractivity contribution is 0.307. The van der Waals surface area contributed by atoms with Gasteiger partial charge in [0.2, 0.25) is 5.88 Å². The number of nitrogens with two attached hydrogens (primary N) is 1. The number of rotatable bonds is 7. The molecule has 0 aliphatic carbocycles. The molecule has 1 aliphatic heterocycles. The van der Waals surface area contributed by atoms with Crippen LogP contribution >= 0.6 is 11.8 Å². The highest BCUT2D eigenvalue weighted by Crippen LogP contribution is 2.20. The molecule has 112 valence electrons. The van der Waals surface area contributed by atoms with Gasteiger partial charge >= 0.3 is 0 Å². The van der Waals surface area contributed by atoms with Crippen molar-refractivity contribution in [2.45, 2.75) is 13.3 Å². The maximum Gasteiger partial charge on any atom is 0.239 e. The fourth-order valence-electron chi connectivity index (χ4n) is 2.03. The molecule has 2 heterocycles. The van der Waals surface area contributed by atoms with Crippen molar-refractivity contribution in [3.63, 3.8) is 0 Å². The predicted molar refractivity (Wildman–Crippen MR) is 86.7 cm³/mol. The third-order valence-electron chi connectivity index (χ3n) is 3.17. The summed E-state index contributed by atoms with van der Waals surface area (Å²) in [6, 6.07) is 3.75. The molecular weight excluding hydrogens is 272 g/mol. The number of aromatic nitrogens is 1. The molecule has 1 fully saturated rings. The summed E-state index contributed by atoms with van der Waals surface area (Å²) in [4.78, 5) is 6.89. The van der Waals surface area contributed by atoms with E-state index in [2.05, 4.69) is 22.1 Å². The first kappa shape index (κ1) is 15.3. The molecule has 0 amide bonds. The van der Waals surface area contributed by atoms with Crippen LogP contribution in [0, 0.1) is 0 Å². The van der Waals surface area contributed by atoms with Gasteiger partial charge in [0, 0.05) is 37.7 Å². The lowest BCUT2D eigenvalue weighted by atomic mass is 10.4. The van der Waals surface area contributed by atoms with E-state index in [0.717, 1.165) is 25.3 Å². The number of hydrogen-bond donors (Lipinski definition) is 2. The van der Waals surface area contributed by atoms with Gasteiger partial charge in [-0.3, -0.25) is 4.90 Å². The second-order valence-corrected chi connectivity index (χ2v) is 6.04. The van der Waals surface area contributed by atoms with Crippen LogP contribution in [0.15, 0.2) is 12.1 Å². The molecule has 6 heteroatoms. The monoisotopic (exact) mass is 296 g/mol. The van der Waals surface area contributed by atoms with Gasteiger partial charge in [0.1, 0.15) is 5.82 Å². The Morgan fingerprint density at radius 3 is 2.95 bits per heavy atom. The number of ether oxygens (including phenoxy) is 1. The average Bonchev–Trinajstić information content (AvgIpc) is 2.49. The van der Waals surface area contributed by atoms with Gasteiger partial charge in [0.25, 0.3) is 0 Å². The van der Waals surface area contributed by atoms with Gasteiger partial charge in [-0.25, -0.2) is 0 Å². The van der Waals surface area contributed by atoms with E-state index in [9.17, 15) is 0 Å². The molecule has 1 saturated heterocycles. The SMILES string of the molecule is CCCOc1nc(NCCN2CCSCC2)ccc1N. The third-order valence-corrected chi connectivity index (χ3v) is 4.11. The number of nitrogens with one attached hydrogen (secondary N) is 1. The van der Waals surface area contributed by atoms with Crippen LogP contribution in [0.5, 0.6) is 5.88 Å². The maximum atomic E-state index is 5.85. The highest BCUT2D eigenvalue weighted by molar-refractivity contribution is 7.99. The Bertz CT molecular complexity index is 410. The van der Waals surface area contributed by atoms with Crippen molar-refractivity contribution in [2.75, 3.05) is 55.3 Å². The van der Waals surface area contributed by atoms with Crippen LogP contribution in [-0.2, 0) is 0 Å². The number of hydrogen-bond acceptors (Lipinski definition) is 6. The molecule has 20 heavy (non-hydrogen) atoms. The van der Waals surface area contributed by atoms with Crippen LogP contribution in [0.25, 0.3) is 0 Å². The van der Waals surface area contributed by atoms with Gasteiger partial charge in [-0.2, -0.15) is 16.7 Å². The number of thioether (sulfide) groups is 1. The summed E-state index contributed by atoms with van der Waals surface area (Å²) in [5, 5.41) is 3.34. The van der Waals surface area contributed by atoms with Gasteiger partial charge in [-0.05, 0) is 18.6 Å². The molecule has 1 aromatic heterocycles. The van der Waals surface area contributed by atoms with Crippen LogP contribution in [0.3, 0.4) is 0 Å². The Kier molecular flexibility index (Phi) is 6.26. The number of pyridine rings is 1. The van der Waals surface area contributed by atoms with Crippen LogP contribution in [0.4, 0.5) is 11.5 Å². The van der Waals surface area contributed by atoms with Gasteiger partial charge in [-0.1, -0.05) is 6.92 Å². The van der Waals surface area contributed by atoms with Gasteiger partial charge < -0.3 is 15.8 Å². The molecule has 0 atom stereocenters. The van der Waals surface area contributed by atoms with E-state index >= 15 is 0 Å². The fraction of sp³-hybridized carbons (Fsp3) is 0.643. The Labute approximate surface area is 125 Å². The molecule has 0 unspecified atom stereocenters. The van der Waals surface area contributed by atoms with E-state index < -0.39 is 0 Å². The number of nitrogens with zero attached hydrogens (tertiary/aromatic N) is 2. The van der Waals surface area contributed by atoms with E-state index in [0.29, 0.717) is 18.2 Å². The van der Waals surface area contributed by atoms with Crippen molar-refractivity contribution in [3.8, 4) is 5.88 Å². The highest BCUT2D eigenvalue weighted by atomic mass is 32.2. The van der Waals surface area contributed by atoms with E-state index in [4.69, 9.17) is 10.5 Å². The third kappa shape index (κ3) is 4.76. The van der Waals surface area contributed by atoms with Crippen molar-refractivity contribution < 1.29 is 4.74 Å². The largest absolute Gasteiger partial charge is 0.476 e. The van der Waals surface area contributed by atoms with Crippen molar-refractivity contribution in [2.24, 2.45) is 0 Å². The average molecular weight is 296 g/mol. The summed E-state index contributed by atoms with van der Waals surface area (Å²) in [5.41, 5.74) is 6.44. The fourth-order valence-corrected chi connectivity index (χ4v) is 3.01. The quantitative estimate of drug-likeness (QED) is 0.801. The second kappa shape index (κ2) is 8.21. The molecule has 0 radical (unpaired) electrons. The van der Waals surface area contributed by atoms with Gasteiger partial charge in [0.05, 0.1) is 12.3 Å². The summed E-state index contributed by atoms with van der Waals surface area (Å²) in [7, 11) is 0. The normalized spacial score (nSPS) is 16.1. The van der Waals surface area contributed by atoms with Crippen LogP contribution in [-0.4, -0.2) is 54.2 Å². The van der Waals surface area contributed by atoms with Crippen LogP contribution < -0.4 is 15.8 Å². The van der Waals surface area contributed by atoms with Crippen molar-refractivity contribution in [1.82, 2.24) is 9.88 Å². The van der Waals surface area contributed by atoms with Crippen molar-refractivity contribution in [3.05, 3.63) is 12.1 Å². The van der Waals surface area contributed by atoms with E-state index in [-0.39, 0.29) is 0 Å². The van der Waals surface area contributed by atoms with Gasteiger partial charge in [-0.15, -0.1) is 0 Å². The van der Waals surface area contributed by atoms with Gasteiger partial charge in [0.15, 0.2) is 0 Å². The molecular formula is C14H24N4OS. The Morgan fingerprint density at radius 2 is 2.20 bits per heavy atom. The standard InChI is InChI=1S/C14H24N4OS/c1-2-9-19-14-12(15)3-4-13(17-14)16-5-6-18-7-10-20-11-8-18/h3-4H,2,5-11,15H2,1H3,(H,16,17). The summed E-state index contributed by atoms with van der Waals surface area (Å²) >= 11 is 2.03. The molecule has 0 bridgehead atoms. The molecule has 0 aromatic carbocycles. The topological polar surface area (TPSA) is 63.4 Å². The van der Waals surface area contributed by atoms with Crippen molar-refractivity contribution >= 4 is 23.3 Å². The zero-order valence-corrected chi connectivity index (χ0v) is 12.9. The first-order valence-corrected chi connectivity index (χ1v) is 8.38. The van der Waals surface area contributed by atoms with E-state index in [1.165, 1.54) is 24.6 Å². The first-order valence-electron chi connectivity index (χ1n) is 7.23. The Morgan fingerprint density at radius 1 is 1.40 bits per heavy atom. The lowest BCUT2D eigenvalue weighted by Crippen LogP contribution is -2.36. The minimum atomic E-state index is 0.534. The minimum absolute atomic E-state index is 0.534. The summed E-state index contributed by atoms with van der Waals surface area (Å²) in [6.07, 6.45) is 0.950. The molecule has 3 N–H and O–H groups in total. The highest BCUT2D eigenvalue weighted by Gasteiger charge is 2.09. The number of nitrogen functional groups attached to an aromatic ring is 1. The zero-order chi connectivity index (χ0) is 14.2. The predicted octanol–water partition coefficient (Wildman–Crippen LogP) is 1.91. The summed E-state index contributed by atoms with van der Waals surface area (Å²) in [5.74, 6) is 3.85. The molecule has 0 saturated carbocycles. The zero-order valence-electron chi connectivity index (χ0n) is 12.1. The molecule has 0 spiro atoms. The van der Waals surface area contributed by atoms with Crippen molar-refractivity contribution in [1.29, 1.82) is 0 Å². The van der Waals surface area contributed by atoms with E-state index in [1.807, 2.05) is 23.9 Å². The Hall–Kier alpha value is -1.14. The molecule has 5 nitrogen and oxygen atoms in total. The molecule has 2 rings (SSSR count). The molecule has 1 aliphatic rings. The smallest absolute Gasteiger partial charge is 0.239 e. The number of anilines is 2. The summed E-state index contributed by atoms with van der Waals surface area (Å²) in [6.45, 7) is 7.03. The van der Waals surface area contributed by atoms with E-state index in [1.54, 1.807) is 0 Å². The van der Waals surface area contributed by atoms with Crippen LogP contribution in [0.1, 0.15) is 13.3 Å². The Balaban J connectivity index is 1.79. The summed E-state index contributed by atoms with van der Waals surface area (Å²) < 4.78 is 5.53. The minimum Gasteiger partial charge on any atom is -0.476 e. The molecule has 1 aromatic rings. The van der Waals surface area contributed by atoms with Crippen LogP contribution in [0.2, 0.25) is 0 Å².